The summed E-state index contributed by atoms with van der Waals surface area (Å²) in [5.74, 6) is 0.449. The third-order valence-electron chi connectivity index (χ3n) is 4.29. The zero-order valence-electron chi connectivity index (χ0n) is 13.9. The van der Waals surface area contributed by atoms with Crippen LogP contribution in [0.3, 0.4) is 0 Å². The first-order valence-electron chi connectivity index (χ1n) is 8.40. The Hall–Kier alpha value is -1.73. The second-order valence-corrected chi connectivity index (χ2v) is 8.58. The number of nitrogens with zero attached hydrogens (tertiary/aromatic N) is 3. The minimum atomic E-state index is -3.17. The number of aromatic nitrogens is 2. The van der Waals surface area contributed by atoms with E-state index >= 15 is 0 Å². The van der Waals surface area contributed by atoms with Gasteiger partial charge in [0.05, 0.1) is 0 Å². The Balaban J connectivity index is 1.73. The number of sulfone groups is 1. The molecule has 0 unspecified atom stereocenters. The van der Waals surface area contributed by atoms with Gasteiger partial charge in [0, 0.05) is 17.9 Å². The fourth-order valence-electron chi connectivity index (χ4n) is 2.91. The molecule has 1 aliphatic heterocycles. The summed E-state index contributed by atoms with van der Waals surface area (Å²) in [6, 6.07) is 8.05. The Morgan fingerprint density at radius 2 is 2.00 bits per heavy atom. The lowest BCUT2D eigenvalue weighted by atomic mass is 10.1. The summed E-state index contributed by atoms with van der Waals surface area (Å²) in [5, 5.41) is 3.93. The Labute approximate surface area is 142 Å². The SMILES string of the molecule is CCS(=O)(=O)Cc1nc(-c2cccc(CN3CCCCC3)c2)no1. The minimum absolute atomic E-state index is 0.0655. The molecule has 0 radical (unpaired) electrons. The molecule has 0 saturated carbocycles. The Morgan fingerprint density at radius 1 is 1.21 bits per heavy atom. The normalized spacial score (nSPS) is 16.4. The molecule has 2 aromatic rings. The monoisotopic (exact) mass is 349 g/mol. The summed E-state index contributed by atoms with van der Waals surface area (Å²) in [6.07, 6.45) is 3.85. The number of rotatable bonds is 6. The molecule has 0 amide bonds. The standard InChI is InChI=1S/C17H23N3O3S/c1-2-24(21,22)13-16-18-17(19-23-16)15-8-6-7-14(11-15)12-20-9-4-3-5-10-20/h6-8,11H,2-5,9-10,12-13H2,1H3. The van der Waals surface area contributed by atoms with E-state index in [-0.39, 0.29) is 17.4 Å². The molecule has 24 heavy (non-hydrogen) atoms. The zero-order valence-corrected chi connectivity index (χ0v) is 14.8. The Bertz CT molecular complexity index is 780. The summed E-state index contributed by atoms with van der Waals surface area (Å²) in [5.41, 5.74) is 2.07. The van der Waals surface area contributed by atoms with Crippen LogP contribution in [0.4, 0.5) is 0 Å². The number of hydrogen-bond acceptors (Lipinski definition) is 6. The number of piperidine rings is 1. The highest BCUT2D eigenvalue weighted by molar-refractivity contribution is 7.90. The van der Waals surface area contributed by atoms with Crippen molar-refractivity contribution in [3.8, 4) is 11.4 Å². The molecule has 1 aliphatic rings. The van der Waals surface area contributed by atoms with Gasteiger partial charge in [0.25, 0.3) is 0 Å². The molecule has 130 valence electrons. The zero-order chi connectivity index (χ0) is 17.0. The van der Waals surface area contributed by atoms with E-state index in [0.29, 0.717) is 5.82 Å². The maximum Gasteiger partial charge on any atom is 0.242 e. The van der Waals surface area contributed by atoms with E-state index < -0.39 is 9.84 Å². The lowest BCUT2D eigenvalue weighted by molar-refractivity contribution is 0.221. The van der Waals surface area contributed by atoms with Crippen molar-refractivity contribution in [1.82, 2.24) is 15.0 Å². The highest BCUT2D eigenvalue weighted by Gasteiger charge is 2.16. The van der Waals surface area contributed by atoms with Crippen molar-refractivity contribution in [2.24, 2.45) is 0 Å². The van der Waals surface area contributed by atoms with E-state index in [2.05, 4.69) is 27.2 Å². The van der Waals surface area contributed by atoms with Crippen molar-refractivity contribution in [3.63, 3.8) is 0 Å². The van der Waals surface area contributed by atoms with Gasteiger partial charge in [-0.05, 0) is 37.6 Å². The van der Waals surface area contributed by atoms with Crippen LogP contribution in [0.1, 0.15) is 37.6 Å². The lowest BCUT2D eigenvalue weighted by Gasteiger charge is -2.26. The molecule has 1 aromatic heterocycles. The molecule has 0 bridgehead atoms. The topological polar surface area (TPSA) is 76.3 Å². The van der Waals surface area contributed by atoms with Crippen LogP contribution in [0.2, 0.25) is 0 Å². The molecule has 6 nitrogen and oxygen atoms in total. The molecule has 1 fully saturated rings. The number of likely N-dealkylation sites (tertiary alicyclic amines) is 1. The average molecular weight is 349 g/mol. The van der Waals surface area contributed by atoms with Gasteiger partial charge in [-0.25, -0.2) is 8.42 Å². The molecule has 1 saturated heterocycles. The molecule has 0 N–H and O–H groups in total. The predicted molar refractivity (Wildman–Crippen MR) is 92.0 cm³/mol. The average Bonchev–Trinajstić information content (AvgIpc) is 3.04. The summed E-state index contributed by atoms with van der Waals surface area (Å²) < 4.78 is 28.4. The molecule has 1 aromatic carbocycles. The van der Waals surface area contributed by atoms with Gasteiger partial charge in [-0.1, -0.05) is 36.7 Å². The molecular weight excluding hydrogens is 326 g/mol. The maximum atomic E-state index is 11.7. The van der Waals surface area contributed by atoms with Crippen molar-refractivity contribution in [2.45, 2.75) is 38.5 Å². The Kier molecular flexibility index (Phi) is 5.30. The van der Waals surface area contributed by atoms with Gasteiger partial charge in [-0.15, -0.1) is 0 Å². The van der Waals surface area contributed by atoms with Crippen molar-refractivity contribution < 1.29 is 12.9 Å². The van der Waals surface area contributed by atoms with Gasteiger partial charge in [0.2, 0.25) is 11.7 Å². The van der Waals surface area contributed by atoms with Crippen LogP contribution < -0.4 is 0 Å². The van der Waals surface area contributed by atoms with E-state index in [1.54, 1.807) is 6.92 Å². The fraction of sp³-hybridized carbons (Fsp3) is 0.529. The van der Waals surface area contributed by atoms with E-state index in [9.17, 15) is 8.42 Å². The summed E-state index contributed by atoms with van der Waals surface area (Å²) in [6.45, 7) is 4.82. The van der Waals surface area contributed by atoms with E-state index in [1.165, 1.54) is 24.8 Å². The second kappa shape index (κ2) is 7.44. The quantitative estimate of drug-likeness (QED) is 0.798. The van der Waals surface area contributed by atoms with E-state index in [4.69, 9.17) is 4.52 Å². The van der Waals surface area contributed by atoms with Crippen LogP contribution in [0, 0.1) is 0 Å². The van der Waals surface area contributed by atoms with Gasteiger partial charge < -0.3 is 4.52 Å². The van der Waals surface area contributed by atoms with E-state index in [1.807, 2.05) is 12.1 Å². The van der Waals surface area contributed by atoms with Crippen LogP contribution in [-0.2, 0) is 22.1 Å². The predicted octanol–water partition coefficient (Wildman–Crippen LogP) is 2.66. The molecule has 0 atom stereocenters. The number of hydrogen-bond donors (Lipinski definition) is 0. The van der Waals surface area contributed by atoms with Crippen LogP contribution in [0.5, 0.6) is 0 Å². The summed E-state index contributed by atoms with van der Waals surface area (Å²) in [7, 11) is -3.17. The second-order valence-electron chi connectivity index (χ2n) is 6.23. The minimum Gasteiger partial charge on any atom is -0.338 e. The van der Waals surface area contributed by atoms with Crippen molar-refractivity contribution in [1.29, 1.82) is 0 Å². The largest absolute Gasteiger partial charge is 0.338 e. The molecule has 7 heteroatoms. The van der Waals surface area contributed by atoms with Crippen molar-refractivity contribution in [2.75, 3.05) is 18.8 Å². The van der Waals surface area contributed by atoms with Gasteiger partial charge in [0.15, 0.2) is 9.84 Å². The molecule has 3 rings (SSSR count). The van der Waals surface area contributed by atoms with Crippen LogP contribution in [0.25, 0.3) is 11.4 Å². The van der Waals surface area contributed by atoms with Crippen LogP contribution in [-0.4, -0.2) is 42.3 Å². The van der Waals surface area contributed by atoms with Gasteiger partial charge in [-0.3, -0.25) is 4.90 Å². The highest BCUT2D eigenvalue weighted by atomic mass is 32.2. The highest BCUT2D eigenvalue weighted by Crippen LogP contribution is 2.20. The lowest BCUT2D eigenvalue weighted by Crippen LogP contribution is -2.29. The van der Waals surface area contributed by atoms with Gasteiger partial charge in [-0.2, -0.15) is 4.98 Å². The van der Waals surface area contributed by atoms with Crippen LogP contribution >= 0.6 is 0 Å². The first-order valence-corrected chi connectivity index (χ1v) is 10.2. The third-order valence-corrected chi connectivity index (χ3v) is 5.86. The molecule has 0 spiro atoms. The van der Waals surface area contributed by atoms with Crippen molar-refractivity contribution >= 4 is 9.84 Å². The summed E-state index contributed by atoms with van der Waals surface area (Å²) in [4.78, 5) is 6.69. The first kappa shape index (κ1) is 17.1. The summed E-state index contributed by atoms with van der Waals surface area (Å²) >= 11 is 0. The smallest absolute Gasteiger partial charge is 0.242 e. The third kappa shape index (κ3) is 4.42. The van der Waals surface area contributed by atoms with Gasteiger partial charge >= 0.3 is 0 Å². The Morgan fingerprint density at radius 3 is 2.75 bits per heavy atom. The fourth-order valence-corrected chi connectivity index (χ4v) is 3.60. The first-order chi connectivity index (χ1) is 11.6. The van der Waals surface area contributed by atoms with E-state index in [0.717, 1.165) is 25.2 Å². The number of benzene rings is 1. The maximum absolute atomic E-state index is 11.7. The molecule has 2 heterocycles. The van der Waals surface area contributed by atoms with Crippen LogP contribution in [0.15, 0.2) is 28.8 Å². The van der Waals surface area contributed by atoms with Gasteiger partial charge in [0.1, 0.15) is 5.75 Å². The van der Waals surface area contributed by atoms with Crippen molar-refractivity contribution in [3.05, 3.63) is 35.7 Å². The molecule has 0 aliphatic carbocycles. The molecular formula is C17H23N3O3S.